The second kappa shape index (κ2) is 5.67. The van der Waals surface area contributed by atoms with Gasteiger partial charge in [0.25, 0.3) is 17.0 Å². The summed E-state index contributed by atoms with van der Waals surface area (Å²) in [6.07, 6.45) is 4.93. The summed E-state index contributed by atoms with van der Waals surface area (Å²) < 4.78 is 2.94. The SMILES string of the molecule is CSc1nc2ncc3c(=O)n(-c4ccc([N+](=O)[O-])cc4)ccc3n2n1. The van der Waals surface area contributed by atoms with Gasteiger partial charge in [-0.05, 0) is 24.5 Å². The van der Waals surface area contributed by atoms with E-state index in [0.29, 0.717) is 27.5 Å². The molecule has 0 saturated heterocycles. The first kappa shape index (κ1) is 15.3. The van der Waals surface area contributed by atoms with Crippen molar-refractivity contribution in [3.8, 4) is 5.69 Å². The molecule has 0 saturated carbocycles. The zero-order chi connectivity index (χ0) is 17.6. The van der Waals surface area contributed by atoms with E-state index in [1.807, 2.05) is 6.26 Å². The number of pyridine rings is 1. The Hall–Kier alpha value is -3.27. The molecule has 0 N–H and O–H groups in total. The molecule has 0 bridgehead atoms. The molecule has 0 aliphatic rings. The fraction of sp³-hybridized carbons (Fsp3) is 0.0667. The van der Waals surface area contributed by atoms with E-state index >= 15 is 0 Å². The average Bonchev–Trinajstić information content (AvgIpc) is 3.06. The number of nitro benzene ring substituents is 1. The lowest BCUT2D eigenvalue weighted by atomic mass is 10.2. The number of rotatable bonds is 3. The highest BCUT2D eigenvalue weighted by atomic mass is 32.2. The van der Waals surface area contributed by atoms with Crippen LogP contribution in [0.3, 0.4) is 0 Å². The van der Waals surface area contributed by atoms with Crippen molar-refractivity contribution in [2.45, 2.75) is 5.16 Å². The second-order valence-electron chi connectivity index (χ2n) is 5.13. The Morgan fingerprint density at radius 3 is 2.64 bits per heavy atom. The van der Waals surface area contributed by atoms with Crippen molar-refractivity contribution < 1.29 is 4.92 Å². The van der Waals surface area contributed by atoms with Crippen molar-refractivity contribution in [1.82, 2.24) is 24.1 Å². The summed E-state index contributed by atoms with van der Waals surface area (Å²) in [4.78, 5) is 31.5. The van der Waals surface area contributed by atoms with Crippen LogP contribution < -0.4 is 5.56 Å². The van der Waals surface area contributed by atoms with Crippen molar-refractivity contribution in [1.29, 1.82) is 0 Å². The minimum atomic E-state index is -0.484. The maximum absolute atomic E-state index is 12.8. The molecule has 0 amide bonds. The van der Waals surface area contributed by atoms with Gasteiger partial charge in [-0.15, -0.1) is 5.10 Å². The Morgan fingerprint density at radius 1 is 1.20 bits per heavy atom. The lowest BCUT2D eigenvalue weighted by Crippen LogP contribution is -2.18. The van der Waals surface area contributed by atoms with Crippen LogP contribution in [0.1, 0.15) is 0 Å². The molecule has 0 spiro atoms. The smallest absolute Gasteiger partial charge is 0.269 e. The normalized spacial score (nSPS) is 11.2. The number of hydrogen-bond donors (Lipinski definition) is 0. The molecular formula is C15H10N6O3S. The Labute approximate surface area is 144 Å². The number of aromatic nitrogens is 5. The summed E-state index contributed by atoms with van der Waals surface area (Å²) in [5, 5.41) is 16.0. The van der Waals surface area contributed by atoms with Crippen LogP contribution in [0, 0.1) is 10.1 Å². The first-order valence-corrected chi connectivity index (χ1v) is 8.37. The number of hydrogen-bond acceptors (Lipinski definition) is 7. The van der Waals surface area contributed by atoms with Crippen LogP contribution in [0.25, 0.3) is 22.4 Å². The Balaban J connectivity index is 1.91. The standard InChI is InChI=1S/C15H10N6O3S/c1-25-15-17-14-16-8-11-12(20(14)18-15)6-7-19(13(11)22)9-2-4-10(5-3-9)21(23)24/h2-8H,1H3. The van der Waals surface area contributed by atoms with Gasteiger partial charge < -0.3 is 0 Å². The van der Waals surface area contributed by atoms with Gasteiger partial charge in [0.1, 0.15) is 0 Å². The predicted molar refractivity (Wildman–Crippen MR) is 92.3 cm³/mol. The number of nitro groups is 1. The molecule has 0 aliphatic heterocycles. The van der Waals surface area contributed by atoms with Gasteiger partial charge in [-0.1, -0.05) is 11.8 Å². The van der Waals surface area contributed by atoms with Gasteiger partial charge in [-0.25, -0.2) is 4.98 Å². The first-order chi connectivity index (χ1) is 12.1. The summed E-state index contributed by atoms with van der Waals surface area (Å²) >= 11 is 1.39. The predicted octanol–water partition coefficient (Wildman–Crippen LogP) is 2.06. The molecule has 124 valence electrons. The molecule has 0 unspecified atom stereocenters. The van der Waals surface area contributed by atoms with Gasteiger partial charge >= 0.3 is 0 Å². The molecule has 1 aromatic carbocycles. The van der Waals surface area contributed by atoms with Crippen LogP contribution >= 0.6 is 11.8 Å². The van der Waals surface area contributed by atoms with Gasteiger partial charge in [0, 0.05) is 30.2 Å². The summed E-state index contributed by atoms with van der Waals surface area (Å²) in [6.45, 7) is 0. The van der Waals surface area contributed by atoms with Gasteiger partial charge in [-0.2, -0.15) is 9.50 Å². The lowest BCUT2D eigenvalue weighted by molar-refractivity contribution is -0.384. The number of nitrogens with zero attached hydrogens (tertiary/aromatic N) is 6. The van der Waals surface area contributed by atoms with Crippen LogP contribution in [0.4, 0.5) is 5.69 Å². The van der Waals surface area contributed by atoms with Crippen molar-refractivity contribution in [3.63, 3.8) is 0 Å². The van der Waals surface area contributed by atoms with E-state index in [1.165, 1.54) is 51.3 Å². The summed E-state index contributed by atoms with van der Waals surface area (Å²) in [6, 6.07) is 7.51. The second-order valence-corrected chi connectivity index (χ2v) is 5.91. The monoisotopic (exact) mass is 354 g/mol. The molecule has 0 atom stereocenters. The van der Waals surface area contributed by atoms with Crippen LogP contribution in [0.5, 0.6) is 0 Å². The van der Waals surface area contributed by atoms with Crippen molar-refractivity contribution in [3.05, 3.63) is 63.2 Å². The quantitative estimate of drug-likeness (QED) is 0.315. The first-order valence-electron chi connectivity index (χ1n) is 7.14. The highest BCUT2D eigenvalue weighted by molar-refractivity contribution is 7.98. The fourth-order valence-corrected chi connectivity index (χ4v) is 2.86. The van der Waals surface area contributed by atoms with E-state index in [0.717, 1.165) is 0 Å². The van der Waals surface area contributed by atoms with Crippen LogP contribution in [-0.2, 0) is 0 Å². The zero-order valence-electron chi connectivity index (χ0n) is 12.9. The fourth-order valence-electron chi connectivity index (χ4n) is 2.53. The average molecular weight is 354 g/mol. The molecule has 0 fully saturated rings. The van der Waals surface area contributed by atoms with E-state index in [2.05, 4.69) is 15.1 Å². The van der Waals surface area contributed by atoms with Crippen molar-refractivity contribution >= 4 is 34.1 Å². The molecule has 0 aliphatic carbocycles. The van der Waals surface area contributed by atoms with Gasteiger partial charge in [0.15, 0.2) is 0 Å². The summed E-state index contributed by atoms with van der Waals surface area (Å²) in [7, 11) is 0. The third-order valence-corrected chi connectivity index (χ3v) is 4.27. The highest BCUT2D eigenvalue weighted by Crippen LogP contribution is 2.17. The Kier molecular flexibility index (Phi) is 3.46. The van der Waals surface area contributed by atoms with Crippen molar-refractivity contribution in [2.24, 2.45) is 0 Å². The zero-order valence-corrected chi connectivity index (χ0v) is 13.7. The maximum atomic E-state index is 12.8. The molecular weight excluding hydrogens is 344 g/mol. The molecule has 10 heteroatoms. The van der Waals surface area contributed by atoms with Crippen LogP contribution in [0.15, 0.2) is 52.7 Å². The summed E-state index contributed by atoms with van der Waals surface area (Å²) in [5.74, 6) is 0.421. The molecule has 0 radical (unpaired) electrons. The van der Waals surface area contributed by atoms with Gasteiger partial charge in [0.05, 0.1) is 15.8 Å². The third kappa shape index (κ3) is 2.43. The number of fused-ring (bicyclic) bond motifs is 3. The Bertz CT molecular complexity index is 1180. The van der Waals surface area contributed by atoms with Crippen LogP contribution in [-0.4, -0.2) is 35.3 Å². The van der Waals surface area contributed by atoms with E-state index < -0.39 is 4.92 Å². The highest BCUT2D eigenvalue weighted by Gasteiger charge is 2.12. The molecule has 4 aromatic rings. The van der Waals surface area contributed by atoms with E-state index in [-0.39, 0.29) is 11.2 Å². The lowest BCUT2D eigenvalue weighted by Gasteiger charge is -2.07. The number of thioether (sulfide) groups is 1. The maximum Gasteiger partial charge on any atom is 0.269 e. The minimum Gasteiger partial charge on any atom is -0.284 e. The third-order valence-electron chi connectivity index (χ3n) is 3.74. The topological polar surface area (TPSA) is 108 Å². The molecule has 25 heavy (non-hydrogen) atoms. The summed E-state index contributed by atoms with van der Waals surface area (Å²) in [5.41, 5.74) is 0.803. The van der Waals surface area contributed by atoms with Gasteiger partial charge in [0.2, 0.25) is 5.16 Å². The minimum absolute atomic E-state index is 0.0341. The van der Waals surface area contributed by atoms with E-state index in [1.54, 1.807) is 12.3 Å². The van der Waals surface area contributed by atoms with Crippen molar-refractivity contribution in [2.75, 3.05) is 6.26 Å². The molecule has 9 nitrogen and oxygen atoms in total. The van der Waals surface area contributed by atoms with E-state index in [4.69, 9.17) is 0 Å². The molecule has 3 aromatic heterocycles. The van der Waals surface area contributed by atoms with E-state index in [9.17, 15) is 14.9 Å². The largest absolute Gasteiger partial charge is 0.284 e. The Morgan fingerprint density at radius 2 is 1.96 bits per heavy atom. The number of benzene rings is 1. The van der Waals surface area contributed by atoms with Crippen LogP contribution in [0.2, 0.25) is 0 Å². The molecule has 3 heterocycles. The molecule has 4 rings (SSSR count). The van der Waals surface area contributed by atoms with Gasteiger partial charge in [-0.3, -0.25) is 19.5 Å². The number of non-ortho nitro benzene ring substituents is 1.